The molecule has 64 valence electrons. The van der Waals surface area contributed by atoms with Crippen LogP contribution in [0.1, 0.15) is 6.92 Å². The van der Waals surface area contributed by atoms with Crippen molar-refractivity contribution in [3.8, 4) is 0 Å². The van der Waals surface area contributed by atoms with Crippen molar-refractivity contribution < 1.29 is 18.3 Å². The van der Waals surface area contributed by atoms with E-state index >= 15 is 0 Å². The van der Waals surface area contributed by atoms with Crippen LogP contribution < -0.4 is 0 Å². The molecule has 0 aliphatic heterocycles. The van der Waals surface area contributed by atoms with Crippen molar-refractivity contribution >= 4 is 21.7 Å². The summed E-state index contributed by atoms with van der Waals surface area (Å²) in [6.45, 7) is 2.03. The minimum Gasteiger partial charge on any atom is -0.501 e. The standard InChI is InChI=1S/C6H7BrF2O2/c1-2-11-4-3-5(10)6(7,8)9/h3-4H,2H2,1H3/b4-3+. The second kappa shape index (κ2) is 4.43. The molecule has 5 heteroatoms. The summed E-state index contributed by atoms with van der Waals surface area (Å²) in [4.78, 5) is 6.89. The summed E-state index contributed by atoms with van der Waals surface area (Å²) in [6.07, 6.45) is 1.62. The fourth-order valence-corrected chi connectivity index (χ4v) is 0.433. The van der Waals surface area contributed by atoms with Crippen molar-refractivity contribution in [2.45, 2.75) is 11.8 Å². The fourth-order valence-electron chi connectivity index (χ4n) is 0.301. The summed E-state index contributed by atoms with van der Waals surface area (Å²) in [7, 11) is 0. The van der Waals surface area contributed by atoms with Crippen LogP contribution in [0.25, 0.3) is 0 Å². The van der Waals surface area contributed by atoms with E-state index < -0.39 is 10.6 Å². The molecule has 2 nitrogen and oxygen atoms in total. The Morgan fingerprint density at radius 1 is 1.73 bits per heavy atom. The molecule has 0 aromatic heterocycles. The number of hydrogen-bond acceptors (Lipinski definition) is 2. The van der Waals surface area contributed by atoms with E-state index in [1.807, 2.05) is 15.9 Å². The maximum atomic E-state index is 12.0. The van der Waals surface area contributed by atoms with Gasteiger partial charge in [0.2, 0.25) is 5.78 Å². The Morgan fingerprint density at radius 2 is 2.27 bits per heavy atom. The zero-order valence-electron chi connectivity index (χ0n) is 5.81. The van der Waals surface area contributed by atoms with E-state index in [-0.39, 0.29) is 0 Å². The van der Waals surface area contributed by atoms with E-state index in [4.69, 9.17) is 0 Å². The van der Waals surface area contributed by atoms with Gasteiger partial charge in [0.1, 0.15) is 0 Å². The highest BCUT2D eigenvalue weighted by Crippen LogP contribution is 2.22. The van der Waals surface area contributed by atoms with E-state index in [0.717, 1.165) is 6.26 Å². The average molecular weight is 229 g/mol. The fraction of sp³-hybridized carbons (Fsp3) is 0.500. The van der Waals surface area contributed by atoms with Gasteiger partial charge in [-0.3, -0.25) is 4.79 Å². The number of allylic oxidation sites excluding steroid dienone is 1. The van der Waals surface area contributed by atoms with Gasteiger partial charge in [0.25, 0.3) is 0 Å². The second-order valence-electron chi connectivity index (χ2n) is 1.62. The van der Waals surface area contributed by atoms with E-state index in [1.165, 1.54) is 0 Å². The van der Waals surface area contributed by atoms with Crippen LogP contribution in [0.5, 0.6) is 0 Å². The third-order valence-electron chi connectivity index (χ3n) is 0.762. The maximum Gasteiger partial charge on any atom is 0.362 e. The molecule has 0 aromatic carbocycles. The van der Waals surface area contributed by atoms with E-state index in [0.29, 0.717) is 12.7 Å². The Kier molecular flexibility index (Phi) is 4.25. The first-order valence-electron chi connectivity index (χ1n) is 2.87. The topological polar surface area (TPSA) is 26.3 Å². The number of carbonyl (C=O) groups excluding carboxylic acids is 1. The van der Waals surface area contributed by atoms with Crippen molar-refractivity contribution in [3.63, 3.8) is 0 Å². The summed E-state index contributed by atoms with van der Waals surface area (Å²) in [6, 6.07) is 0. The molecule has 0 unspecified atom stereocenters. The molecule has 0 heterocycles. The molecule has 0 spiro atoms. The zero-order chi connectivity index (χ0) is 8.91. The summed E-state index contributed by atoms with van der Waals surface area (Å²) in [5, 5.41) is 0. The van der Waals surface area contributed by atoms with Crippen LogP contribution in [0, 0.1) is 0 Å². The first-order chi connectivity index (χ1) is 4.98. The molecule has 0 aromatic rings. The molecule has 0 rings (SSSR count). The molecule has 0 saturated heterocycles. The van der Waals surface area contributed by atoms with Gasteiger partial charge in [-0.25, -0.2) is 0 Å². The minimum absolute atomic E-state index is 0.345. The third-order valence-corrected chi connectivity index (χ3v) is 1.15. The summed E-state index contributed by atoms with van der Waals surface area (Å²) in [5.74, 6) is -1.33. The first kappa shape index (κ1) is 10.6. The van der Waals surface area contributed by atoms with Crippen LogP contribution in [-0.4, -0.2) is 17.2 Å². The van der Waals surface area contributed by atoms with Gasteiger partial charge < -0.3 is 4.74 Å². The van der Waals surface area contributed by atoms with Crippen molar-refractivity contribution in [2.24, 2.45) is 0 Å². The highest BCUT2D eigenvalue weighted by molar-refractivity contribution is 9.10. The van der Waals surface area contributed by atoms with E-state index in [2.05, 4.69) is 4.74 Å². The zero-order valence-corrected chi connectivity index (χ0v) is 7.40. The quantitative estimate of drug-likeness (QED) is 0.419. The molecule has 0 radical (unpaired) electrons. The minimum atomic E-state index is -3.49. The molecule has 11 heavy (non-hydrogen) atoms. The van der Waals surface area contributed by atoms with Crippen LogP contribution in [-0.2, 0) is 9.53 Å². The second-order valence-corrected chi connectivity index (χ2v) is 2.62. The van der Waals surface area contributed by atoms with Gasteiger partial charge in [0, 0.05) is 6.08 Å². The van der Waals surface area contributed by atoms with Gasteiger partial charge in [-0.2, -0.15) is 8.78 Å². The molecule has 0 bridgehead atoms. The van der Waals surface area contributed by atoms with Crippen LogP contribution in [0.2, 0.25) is 0 Å². The van der Waals surface area contributed by atoms with Crippen LogP contribution >= 0.6 is 15.9 Å². The summed E-state index contributed by atoms with van der Waals surface area (Å²) >= 11 is 1.91. The van der Waals surface area contributed by atoms with Crippen LogP contribution in [0.3, 0.4) is 0 Å². The van der Waals surface area contributed by atoms with Gasteiger partial charge in [-0.15, -0.1) is 0 Å². The van der Waals surface area contributed by atoms with Gasteiger partial charge >= 0.3 is 4.83 Å². The van der Waals surface area contributed by atoms with Crippen molar-refractivity contribution in [1.82, 2.24) is 0 Å². The van der Waals surface area contributed by atoms with Crippen LogP contribution in [0.4, 0.5) is 8.78 Å². The molecule has 0 aliphatic carbocycles. The van der Waals surface area contributed by atoms with E-state index in [1.54, 1.807) is 6.92 Å². The molecule has 0 N–H and O–H groups in total. The average Bonchev–Trinajstić information content (AvgIpc) is 1.86. The number of alkyl halides is 3. The number of carbonyl (C=O) groups is 1. The van der Waals surface area contributed by atoms with Gasteiger partial charge in [0.15, 0.2) is 0 Å². The highest BCUT2D eigenvalue weighted by Gasteiger charge is 2.32. The van der Waals surface area contributed by atoms with Crippen molar-refractivity contribution in [3.05, 3.63) is 12.3 Å². The van der Waals surface area contributed by atoms with Gasteiger partial charge in [-0.05, 0) is 22.9 Å². The first-order valence-corrected chi connectivity index (χ1v) is 3.67. The maximum absolute atomic E-state index is 12.0. The number of hydrogen-bond donors (Lipinski definition) is 0. The smallest absolute Gasteiger partial charge is 0.362 e. The Labute approximate surface area is 71.3 Å². The Bertz CT molecular complexity index is 162. The molecular formula is C6H7BrF2O2. The molecule has 0 saturated carbocycles. The molecule has 0 atom stereocenters. The lowest BCUT2D eigenvalue weighted by molar-refractivity contribution is -0.126. The number of rotatable bonds is 4. The Balaban J connectivity index is 3.88. The van der Waals surface area contributed by atoms with Gasteiger partial charge in [0.05, 0.1) is 12.9 Å². The van der Waals surface area contributed by atoms with Gasteiger partial charge in [-0.1, -0.05) is 0 Å². The molecule has 0 amide bonds. The number of ether oxygens (including phenoxy) is 1. The SMILES string of the molecule is CCO/C=C/C(=O)C(F)(F)Br. The summed E-state index contributed by atoms with van der Waals surface area (Å²) < 4.78 is 28.6. The highest BCUT2D eigenvalue weighted by atomic mass is 79.9. The lowest BCUT2D eigenvalue weighted by Gasteiger charge is -2.01. The monoisotopic (exact) mass is 228 g/mol. The lowest BCUT2D eigenvalue weighted by atomic mass is 10.4. The Morgan fingerprint density at radius 3 is 2.64 bits per heavy atom. The predicted octanol–water partition coefficient (Wildman–Crippen LogP) is 2.09. The number of ketones is 1. The number of halogens is 3. The summed E-state index contributed by atoms with van der Waals surface area (Å²) in [5.41, 5.74) is 0. The van der Waals surface area contributed by atoms with Crippen LogP contribution in [0.15, 0.2) is 12.3 Å². The van der Waals surface area contributed by atoms with E-state index in [9.17, 15) is 13.6 Å². The largest absolute Gasteiger partial charge is 0.501 e. The molecule has 0 aliphatic rings. The Hall–Kier alpha value is -0.450. The third kappa shape index (κ3) is 4.89. The predicted molar refractivity (Wildman–Crippen MR) is 39.6 cm³/mol. The lowest BCUT2D eigenvalue weighted by Crippen LogP contribution is -2.17. The van der Waals surface area contributed by atoms with Crippen molar-refractivity contribution in [1.29, 1.82) is 0 Å². The van der Waals surface area contributed by atoms with Crippen molar-refractivity contribution in [2.75, 3.05) is 6.61 Å². The molecule has 0 fully saturated rings. The molecular weight excluding hydrogens is 222 g/mol. The normalized spacial score (nSPS) is 12.0.